The lowest BCUT2D eigenvalue weighted by molar-refractivity contribution is -0.500. The third kappa shape index (κ3) is 5.87. The van der Waals surface area contributed by atoms with E-state index in [1.165, 1.54) is 24.7 Å². The van der Waals surface area contributed by atoms with Crippen molar-refractivity contribution in [3.05, 3.63) is 84.1 Å². The van der Waals surface area contributed by atoms with E-state index in [2.05, 4.69) is 5.32 Å². The maximum absolute atomic E-state index is 13.8. The Bertz CT molecular complexity index is 892. The van der Waals surface area contributed by atoms with Gasteiger partial charge in [0, 0.05) is 17.8 Å². The molecule has 6 N–H and O–H groups in total. The van der Waals surface area contributed by atoms with Crippen molar-refractivity contribution in [2.75, 3.05) is 12.4 Å². The average Bonchev–Trinajstić information content (AvgIpc) is 2.69. The predicted octanol–water partition coefficient (Wildman–Crippen LogP) is 2.44. The van der Waals surface area contributed by atoms with Crippen molar-refractivity contribution < 1.29 is 19.2 Å². The largest absolute Gasteiger partial charge is 0.488 e. The fraction of sp³-hybridized carbons (Fsp3) is 0.143. The van der Waals surface area contributed by atoms with Crippen LogP contribution in [0.2, 0.25) is 0 Å². The van der Waals surface area contributed by atoms with Crippen LogP contribution in [0.1, 0.15) is 6.92 Å². The normalized spacial score (nSPS) is 13.0. The summed E-state index contributed by atoms with van der Waals surface area (Å²) >= 11 is 0. The Hall–Kier alpha value is -3.29. The Morgan fingerprint density at radius 3 is 2.46 bits per heavy atom. The number of Topliss-reactive ketones (excluding diaryl/α,β-unsaturated/α-hetero) is 1. The molecule has 0 aliphatic rings. The summed E-state index contributed by atoms with van der Waals surface area (Å²) in [6.07, 6.45) is 2.93. The Kier molecular flexibility index (Phi) is 7.62. The van der Waals surface area contributed by atoms with Crippen molar-refractivity contribution in [3.8, 4) is 0 Å². The monoisotopic (exact) mass is 383 g/mol. The fourth-order valence-corrected chi connectivity index (χ4v) is 2.39. The number of rotatable bonds is 9. The molecule has 0 saturated carbocycles. The first-order valence-corrected chi connectivity index (χ1v) is 8.69. The van der Waals surface area contributed by atoms with Crippen LogP contribution in [0.15, 0.2) is 78.3 Å². The van der Waals surface area contributed by atoms with E-state index in [1.807, 2.05) is 30.3 Å². The zero-order valence-electron chi connectivity index (χ0n) is 15.8. The van der Waals surface area contributed by atoms with Gasteiger partial charge in [-0.3, -0.25) is 15.5 Å². The highest BCUT2D eigenvalue weighted by Crippen LogP contribution is 2.13. The molecule has 0 radical (unpaired) electrons. The topological polar surface area (TPSA) is 105 Å². The van der Waals surface area contributed by atoms with Gasteiger partial charge in [0.25, 0.3) is 5.78 Å². The number of methoxy groups -OCH3 is 1. The number of nitrogens with one attached hydrogen (secondary N) is 2. The summed E-state index contributed by atoms with van der Waals surface area (Å²) in [6, 6.07) is 14.9. The molecule has 2 aromatic carbocycles. The highest BCUT2D eigenvalue weighted by molar-refractivity contribution is 6.50. The van der Waals surface area contributed by atoms with E-state index >= 15 is 0 Å². The molecule has 1 atom stereocenters. The lowest BCUT2D eigenvalue weighted by Gasteiger charge is -2.14. The van der Waals surface area contributed by atoms with Gasteiger partial charge in [-0.2, -0.15) is 0 Å². The minimum Gasteiger partial charge on any atom is -0.488 e. The second kappa shape index (κ2) is 10.1. The predicted molar refractivity (Wildman–Crippen MR) is 108 cm³/mol. The molecule has 2 aromatic rings. The molecule has 0 aromatic heterocycles. The fourth-order valence-electron chi connectivity index (χ4n) is 2.39. The molecule has 2 rings (SSSR count). The first-order chi connectivity index (χ1) is 13.4. The number of halogens is 1. The van der Waals surface area contributed by atoms with Crippen molar-refractivity contribution in [3.63, 3.8) is 0 Å². The minimum atomic E-state index is -0.648. The van der Waals surface area contributed by atoms with Crippen LogP contribution in [0.5, 0.6) is 0 Å². The molecular weight excluding hydrogens is 359 g/mol. The number of carbonyl (C=O) groups is 1. The van der Waals surface area contributed by atoms with Gasteiger partial charge in [-0.25, -0.2) is 4.39 Å². The van der Waals surface area contributed by atoms with Crippen molar-refractivity contribution in [1.82, 2.24) is 0 Å². The molecule has 0 saturated heterocycles. The van der Waals surface area contributed by atoms with Gasteiger partial charge in [0.15, 0.2) is 11.5 Å². The standard InChI is InChI=1S/C21H23FN4O2/c1-14(23)12-18(26-15-8-4-3-5-9-15)20(24)21(27)19(28-2)13-25-17-11-7-6-10-16(17)22/h3-14,24-26H,23H2,1-2H3/p+1/b18-12-,19-13+,24-20?. The number of nitrogens with two attached hydrogens (primary N) is 2. The van der Waals surface area contributed by atoms with Gasteiger partial charge in [0.05, 0.1) is 12.8 Å². The van der Waals surface area contributed by atoms with E-state index in [0.29, 0.717) is 11.4 Å². The van der Waals surface area contributed by atoms with Crippen molar-refractivity contribution in [1.29, 1.82) is 5.41 Å². The maximum atomic E-state index is 13.8. The van der Waals surface area contributed by atoms with E-state index in [1.54, 1.807) is 31.2 Å². The zero-order valence-corrected chi connectivity index (χ0v) is 15.8. The molecule has 0 spiro atoms. The van der Waals surface area contributed by atoms with Gasteiger partial charge < -0.3 is 15.8 Å². The van der Waals surface area contributed by atoms with Gasteiger partial charge in [-0.05, 0) is 31.2 Å². The summed E-state index contributed by atoms with van der Waals surface area (Å²) in [4.78, 5) is 12.7. The summed E-state index contributed by atoms with van der Waals surface area (Å²) in [5, 5.41) is 12.8. The summed E-state index contributed by atoms with van der Waals surface area (Å²) in [6.45, 7) is 1.74. The van der Waals surface area contributed by atoms with Crippen molar-refractivity contribution in [2.24, 2.45) is 5.73 Å². The number of ether oxygens (including phenoxy) is 1. The molecule has 6 nitrogen and oxygen atoms in total. The molecular formula is C21H24FN4O2+. The number of anilines is 1. The van der Waals surface area contributed by atoms with Crippen molar-refractivity contribution >= 4 is 22.9 Å². The van der Waals surface area contributed by atoms with E-state index in [9.17, 15) is 9.18 Å². The van der Waals surface area contributed by atoms with Crippen molar-refractivity contribution in [2.45, 2.75) is 13.0 Å². The van der Waals surface area contributed by atoms with E-state index in [-0.39, 0.29) is 23.2 Å². The molecule has 0 bridgehead atoms. The first-order valence-electron chi connectivity index (χ1n) is 8.69. The number of quaternary nitrogens is 1. The Labute approximate surface area is 163 Å². The smallest absolute Gasteiger partial charge is 0.252 e. The van der Waals surface area contributed by atoms with Gasteiger partial charge in [0.1, 0.15) is 11.9 Å². The number of para-hydroxylation sites is 2. The third-order valence-electron chi connectivity index (χ3n) is 3.74. The minimum absolute atomic E-state index is 0.0845. The second-order valence-electron chi connectivity index (χ2n) is 6.06. The first kappa shape index (κ1) is 21.0. The van der Waals surface area contributed by atoms with Crippen LogP contribution in [0.25, 0.3) is 0 Å². The Morgan fingerprint density at radius 2 is 1.86 bits per heavy atom. The molecule has 0 aliphatic heterocycles. The molecule has 0 heterocycles. The summed E-state index contributed by atoms with van der Waals surface area (Å²) in [5.41, 5.74) is 6.81. The number of ketones is 1. The summed E-state index contributed by atoms with van der Waals surface area (Å²) in [7, 11) is 1.33. The van der Waals surface area contributed by atoms with Gasteiger partial charge in [-0.15, -0.1) is 0 Å². The number of hydrogen-bond acceptors (Lipinski definition) is 5. The maximum Gasteiger partial charge on any atom is 0.252 e. The summed E-state index contributed by atoms with van der Waals surface area (Å²) < 4.78 is 18.9. The second-order valence-corrected chi connectivity index (χ2v) is 6.06. The van der Waals surface area contributed by atoms with Gasteiger partial charge in [-0.1, -0.05) is 30.3 Å². The van der Waals surface area contributed by atoms with Crippen LogP contribution >= 0.6 is 0 Å². The van der Waals surface area contributed by atoms with Gasteiger partial charge in [0.2, 0.25) is 5.76 Å². The SMILES string of the molecule is CO/C(=C/[NH2+]c1ccccc1F)C(=O)C(=N)/C(=C/C(C)N)Nc1ccccc1. The molecule has 7 heteroatoms. The number of benzene rings is 2. The van der Waals surface area contributed by atoms with Crippen LogP contribution < -0.4 is 16.4 Å². The molecule has 28 heavy (non-hydrogen) atoms. The van der Waals surface area contributed by atoms with Crippen LogP contribution in [-0.4, -0.2) is 24.6 Å². The molecule has 0 amide bonds. The highest BCUT2D eigenvalue weighted by Gasteiger charge is 2.22. The number of hydrogen-bond donors (Lipinski definition) is 4. The third-order valence-corrected chi connectivity index (χ3v) is 3.74. The molecule has 146 valence electrons. The molecule has 0 aliphatic carbocycles. The lowest BCUT2D eigenvalue weighted by atomic mass is 10.1. The molecule has 0 fully saturated rings. The number of carbonyl (C=O) groups excluding carboxylic acids is 1. The van der Waals surface area contributed by atoms with E-state index in [0.717, 1.165) is 0 Å². The number of allylic oxidation sites excluding steroid dienone is 2. The van der Waals surface area contributed by atoms with Crippen LogP contribution in [0.3, 0.4) is 0 Å². The van der Waals surface area contributed by atoms with E-state index in [4.69, 9.17) is 15.9 Å². The van der Waals surface area contributed by atoms with E-state index < -0.39 is 11.6 Å². The van der Waals surface area contributed by atoms with Crippen LogP contribution in [0, 0.1) is 11.2 Å². The lowest BCUT2D eigenvalue weighted by Crippen LogP contribution is -2.72. The highest BCUT2D eigenvalue weighted by atomic mass is 19.1. The quantitative estimate of drug-likeness (QED) is 0.231. The average molecular weight is 383 g/mol. The Morgan fingerprint density at radius 1 is 1.21 bits per heavy atom. The summed E-state index contributed by atoms with van der Waals surface area (Å²) in [5.74, 6) is -1.15. The van der Waals surface area contributed by atoms with Gasteiger partial charge >= 0.3 is 0 Å². The Balaban J connectivity index is 2.23. The zero-order chi connectivity index (χ0) is 20.5. The molecule has 1 unspecified atom stereocenters. The van der Waals surface area contributed by atoms with Crippen LogP contribution in [0.4, 0.5) is 15.8 Å². The van der Waals surface area contributed by atoms with Crippen LogP contribution in [-0.2, 0) is 9.53 Å².